The van der Waals surface area contributed by atoms with Gasteiger partial charge in [0.05, 0.1) is 11.8 Å². The van der Waals surface area contributed by atoms with E-state index in [1.807, 2.05) is 48.7 Å². The minimum Gasteiger partial charge on any atom is -0.388 e. The fraction of sp³-hybridized carbons (Fsp3) is 0.353. The SMILES string of the molecule is CCN(CCC(O)c1ccc(Cl)cc1)Cc1ccccn1. The highest BCUT2D eigenvalue weighted by Crippen LogP contribution is 2.19. The quantitative estimate of drug-likeness (QED) is 0.847. The van der Waals surface area contributed by atoms with Crippen molar-refractivity contribution >= 4 is 11.6 Å². The van der Waals surface area contributed by atoms with E-state index >= 15 is 0 Å². The molecule has 0 radical (unpaired) electrons. The highest BCUT2D eigenvalue weighted by Gasteiger charge is 2.11. The molecule has 0 spiro atoms. The van der Waals surface area contributed by atoms with E-state index in [0.29, 0.717) is 11.4 Å². The van der Waals surface area contributed by atoms with Crippen molar-refractivity contribution in [2.45, 2.75) is 26.0 Å². The predicted octanol–water partition coefficient (Wildman–Crippen LogP) is 3.68. The molecule has 2 aromatic rings. The second-order valence-electron chi connectivity index (χ2n) is 5.05. The van der Waals surface area contributed by atoms with Crippen LogP contribution in [0.2, 0.25) is 5.02 Å². The zero-order valence-electron chi connectivity index (χ0n) is 12.2. The Balaban J connectivity index is 1.86. The highest BCUT2D eigenvalue weighted by atomic mass is 35.5. The molecular formula is C17H21ClN2O. The summed E-state index contributed by atoms with van der Waals surface area (Å²) >= 11 is 5.86. The van der Waals surface area contributed by atoms with Crippen LogP contribution in [0.15, 0.2) is 48.7 Å². The number of aromatic nitrogens is 1. The van der Waals surface area contributed by atoms with Crippen molar-refractivity contribution in [3.63, 3.8) is 0 Å². The van der Waals surface area contributed by atoms with E-state index in [-0.39, 0.29) is 0 Å². The second kappa shape index (κ2) is 8.13. The molecule has 4 heteroatoms. The Morgan fingerprint density at radius 3 is 2.57 bits per heavy atom. The number of halogens is 1. The van der Waals surface area contributed by atoms with Gasteiger partial charge < -0.3 is 5.11 Å². The van der Waals surface area contributed by atoms with Gasteiger partial charge in [0.15, 0.2) is 0 Å². The molecule has 0 amide bonds. The molecule has 3 nitrogen and oxygen atoms in total. The van der Waals surface area contributed by atoms with Crippen LogP contribution in [-0.2, 0) is 6.54 Å². The molecule has 0 aliphatic heterocycles. The van der Waals surface area contributed by atoms with Crippen molar-refractivity contribution < 1.29 is 5.11 Å². The van der Waals surface area contributed by atoms with Gasteiger partial charge in [0.1, 0.15) is 0 Å². The van der Waals surface area contributed by atoms with Gasteiger partial charge in [0.2, 0.25) is 0 Å². The third-order valence-corrected chi connectivity index (χ3v) is 3.78. The molecule has 0 saturated heterocycles. The van der Waals surface area contributed by atoms with E-state index in [4.69, 9.17) is 11.6 Å². The molecule has 112 valence electrons. The number of aliphatic hydroxyl groups excluding tert-OH is 1. The van der Waals surface area contributed by atoms with Gasteiger partial charge in [0.25, 0.3) is 0 Å². The number of pyridine rings is 1. The number of nitrogens with zero attached hydrogens (tertiary/aromatic N) is 2. The van der Waals surface area contributed by atoms with Gasteiger partial charge in [-0.05, 0) is 42.8 Å². The van der Waals surface area contributed by atoms with E-state index in [1.165, 1.54) is 0 Å². The van der Waals surface area contributed by atoms with Crippen LogP contribution >= 0.6 is 11.6 Å². The standard InChI is InChI=1S/C17H21ClN2O/c1-2-20(13-16-5-3-4-11-19-16)12-10-17(21)14-6-8-15(18)9-7-14/h3-9,11,17,21H,2,10,12-13H2,1H3. The minimum absolute atomic E-state index is 0.458. The van der Waals surface area contributed by atoms with Gasteiger partial charge in [-0.25, -0.2) is 0 Å². The average molecular weight is 305 g/mol. The van der Waals surface area contributed by atoms with E-state index in [2.05, 4.69) is 16.8 Å². The number of hydrogen-bond acceptors (Lipinski definition) is 3. The molecule has 1 aromatic heterocycles. The number of aliphatic hydroxyl groups is 1. The third-order valence-electron chi connectivity index (χ3n) is 3.53. The molecule has 21 heavy (non-hydrogen) atoms. The summed E-state index contributed by atoms with van der Waals surface area (Å²) in [4.78, 5) is 6.62. The second-order valence-corrected chi connectivity index (χ2v) is 5.48. The molecule has 1 unspecified atom stereocenters. The van der Waals surface area contributed by atoms with Gasteiger partial charge in [0, 0.05) is 24.3 Å². The maximum absolute atomic E-state index is 10.2. The van der Waals surface area contributed by atoms with Crippen LogP contribution in [-0.4, -0.2) is 28.1 Å². The summed E-state index contributed by atoms with van der Waals surface area (Å²) in [5.41, 5.74) is 1.97. The van der Waals surface area contributed by atoms with Crippen LogP contribution in [0.4, 0.5) is 0 Å². The molecule has 0 aliphatic carbocycles. The molecule has 1 heterocycles. The summed E-state index contributed by atoms with van der Waals surface area (Å²) in [6.07, 6.45) is 2.05. The predicted molar refractivity (Wildman–Crippen MR) is 86.2 cm³/mol. The maximum atomic E-state index is 10.2. The van der Waals surface area contributed by atoms with Crippen molar-refractivity contribution in [2.75, 3.05) is 13.1 Å². The summed E-state index contributed by atoms with van der Waals surface area (Å²) < 4.78 is 0. The van der Waals surface area contributed by atoms with Crippen LogP contribution < -0.4 is 0 Å². The fourth-order valence-electron chi connectivity index (χ4n) is 2.23. The molecule has 1 N–H and O–H groups in total. The zero-order valence-corrected chi connectivity index (χ0v) is 13.0. The van der Waals surface area contributed by atoms with E-state index < -0.39 is 6.10 Å². The molecule has 0 saturated carbocycles. The molecule has 0 fully saturated rings. The fourth-order valence-corrected chi connectivity index (χ4v) is 2.35. The first kappa shape index (κ1) is 16.0. The highest BCUT2D eigenvalue weighted by molar-refractivity contribution is 6.30. The van der Waals surface area contributed by atoms with E-state index in [9.17, 15) is 5.11 Å². The Bertz CT molecular complexity index is 530. The van der Waals surface area contributed by atoms with Crippen molar-refractivity contribution in [3.05, 3.63) is 64.9 Å². The maximum Gasteiger partial charge on any atom is 0.0802 e. The Hall–Kier alpha value is -1.42. The Morgan fingerprint density at radius 1 is 1.19 bits per heavy atom. The van der Waals surface area contributed by atoms with E-state index in [1.54, 1.807) is 0 Å². The van der Waals surface area contributed by atoms with Gasteiger partial charge in [-0.3, -0.25) is 9.88 Å². The van der Waals surface area contributed by atoms with Crippen LogP contribution in [0.1, 0.15) is 30.7 Å². The van der Waals surface area contributed by atoms with Crippen molar-refractivity contribution in [2.24, 2.45) is 0 Å². The molecular weight excluding hydrogens is 284 g/mol. The van der Waals surface area contributed by atoms with Crippen LogP contribution in [0.5, 0.6) is 0 Å². The first-order valence-electron chi connectivity index (χ1n) is 7.25. The van der Waals surface area contributed by atoms with Crippen molar-refractivity contribution in [1.29, 1.82) is 0 Å². The lowest BCUT2D eigenvalue weighted by Gasteiger charge is -2.21. The molecule has 0 aliphatic rings. The lowest BCUT2D eigenvalue weighted by molar-refractivity contribution is 0.141. The van der Waals surface area contributed by atoms with Crippen LogP contribution in [0.25, 0.3) is 0 Å². The van der Waals surface area contributed by atoms with Gasteiger partial charge >= 0.3 is 0 Å². The first-order valence-corrected chi connectivity index (χ1v) is 7.62. The number of hydrogen-bond donors (Lipinski definition) is 1. The normalized spacial score (nSPS) is 12.6. The minimum atomic E-state index is -0.458. The van der Waals surface area contributed by atoms with Crippen LogP contribution in [0.3, 0.4) is 0 Å². The molecule has 1 aromatic carbocycles. The van der Waals surface area contributed by atoms with Gasteiger partial charge in [-0.2, -0.15) is 0 Å². The molecule has 0 bridgehead atoms. The van der Waals surface area contributed by atoms with Crippen LogP contribution in [0, 0.1) is 0 Å². The summed E-state index contributed by atoms with van der Waals surface area (Å²) in [6.45, 7) is 4.70. The molecule has 2 rings (SSSR count). The monoisotopic (exact) mass is 304 g/mol. The first-order chi connectivity index (χ1) is 10.2. The average Bonchev–Trinajstić information content (AvgIpc) is 2.52. The smallest absolute Gasteiger partial charge is 0.0802 e. The van der Waals surface area contributed by atoms with Crippen molar-refractivity contribution in [1.82, 2.24) is 9.88 Å². The summed E-state index contributed by atoms with van der Waals surface area (Å²) in [5, 5.41) is 10.9. The zero-order chi connectivity index (χ0) is 15.1. The summed E-state index contributed by atoms with van der Waals surface area (Å²) in [5.74, 6) is 0. The Kier molecular flexibility index (Phi) is 6.18. The van der Waals surface area contributed by atoms with Gasteiger partial charge in [-0.15, -0.1) is 0 Å². The topological polar surface area (TPSA) is 36.4 Å². The van der Waals surface area contributed by atoms with E-state index in [0.717, 1.165) is 30.9 Å². The third kappa shape index (κ3) is 5.12. The lowest BCUT2D eigenvalue weighted by Crippen LogP contribution is -2.25. The largest absolute Gasteiger partial charge is 0.388 e. The summed E-state index contributed by atoms with van der Waals surface area (Å²) in [7, 11) is 0. The Morgan fingerprint density at radius 2 is 1.95 bits per heavy atom. The number of benzene rings is 1. The lowest BCUT2D eigenvalue weighted by atomic mass is 10.1. The van der Waals surface area contributed by atoms with Gasteiger partial charge in [-0.1, -0.05) is 36.7 Å². The molecule has 1 atom stereocenters. The van der Waals surface area contributed by atoms with Crippen molar-refractivity contribution in [3.8, 4) is 0 Å². The Labute approximate surface area is 131 Å². The summed E-state index contributed by atoms with van der Waals surface area (Å²) in [6, 6.07) is 13.3. The number of rotatable bonds is 7.